The van der Waals surface area contributed by atoms with E-state index >= 15 is 0 Å². The Bertz CT molecular complexity index is 355. The zero-order valence-corrected chi connectivity index (χ0v) is 10.2. The maximum absolute atomic E-state index is 10.7. The average Bonchev–Trinajstić information content (AvgIpc) is 2.65. The number of carbonyl (C=O) groups excluding carboxylic acids is 1. The van der Waals surface area contributed by atoms with Crippen molar-refractivity contribution in [3.8, 4) is 11.5 Å². The smallest absolute Gasteiger partial charge is 0.248 e. The highest BCUT2D eigenvalue weighted by atomic mass is 35.5. The molecule has 0 spiro atoms. The quantitative estimate of drug-likeness (QED) is 0.826. The highest BCUT2D eigenvalue weighted by molar-refractivity contribution is 5.93. The van der Waals surface area contributed by atoms with E-state index in [4.69, 9.17) is 15.2 Å². The second-order valence-electron chi connectivity index (χ2n) is 3.14. The van der Waals surface area contributed by atoms with Crippen LogP contribution in [0.25, 0.3) is 0 Å². The van der Waals surface area contributed by atoms with Crippen molar-refractivity contribution in [3.63, 3.8) is 0 Å². The summed E-state index contributed by atoms with van der Waals surface area (Å²) in [5.74, 6) is 0.764. The largest absolute Gasteiger partial charge is 0.454 e. The van der Waals surface area contributed by atoms with Crippen LogP contribution in [-0.2, 0) is 0 Å². The molecule has 5 heteroatoms. The van der Waals surface area contributed by atoms with E-state index in [1.807, 2.05) is 0 Å². The number of ether oxygens (including phenoxy) is 2. The summed E-state index contributed by atoms with van der Waals surface area (Å²) >= 11 is 0. The Kier molecular flexibility index (Phi) is 6.34. The van der Waals surface area contributed by atoms with Crippen molar-refractivity contribution < 1.29 is 14.3 Å². The first-order valence-electron chi connectivity index (χ1n) is 4.88. The monoisotopic (exact) mass is 245 g/mol. The number of primary amides is 1. The van der Waals surface area contributed by atoms with Gasteiger partial charge in [-0.05, 0) is 18.2 Å². The van der Waals surface area contributed by atoms with Gasteiger partial charge in [0, 0.05) is 5.56 Å². The molecule has 0 saturated heterocycles. The number of halogens is 1. The molecule has 2 rings (SSSR count). The summed E-state index contributed by atoms with van der Waals surface area (Å²) in [6.07, 6.45) is 1.25. The maximum Gasteiger partial charge on any atom is 0.248 e. The van der Waals surface area contributed by atoms with Crippen LogP contribution in [0.1, 0.15) is 30.6 Å². The van der Waals surface area contributed by atoms with Crippen LogP contribution < -0.4 is 15.2 Å². The van der Waals surface area contributed by atoms with Gasteiger partial charge >= 0.3 is 0 Å². The molecule has 1 heterocycles. The van der Waals surface area contributed by atoms with Crippen LogP contribution >= 0.6 is 12.4 Å². The fourth-order valence-corrected chi connectivity index (χ4v) is 1.05. The lowest BCUT2D eigenvalue weighted by Gasteiger charge is -1.97. The van der Waals surface area contributed by atoms with Crippen LogP contribution in [0, 0.1) is 0 Å². The number of hydrogen-bond acceptors (Lipinski definition) is 3. The van der Waals surface area contributed by atoms with Crippen LogP contribution in [0.4, 0.5) is 0 Å². The van der Waals surface area contributed by atoms with Crippen LogP contribution in [0.5, 0.6) is 11.5 Å². The molecule has 1 aromatic rings. The van der Waals surface area contributed by atoms with Gasteiger partial charge in [-0.3, -0.25) is 4.79 Å². The number of hydrogen-bond donors (Lipinski definition) is 1. The van der Waals surface area contributed by atoms with E-state index in [0.717, 1.165) is 0 Å². The maximum atomic E-state index is 10.7. The van der Waals surface area contributed by atoms with Crippen molar-refractivity contribution in [3.05, 3.63) is 23.8 Å². The van der Waals surface area contributed by atoms with Gasteiger partial charge in [-0.2, -0.15) is 0 Å². The molecule has 1 amide bonds. The predicted molar refractivity (Wildman–Crippen MR) is 64.3 cm³/mol. The first kappa shape index (κ1) is 14.6. The SMILES string of the molecule is CCC.Cl.NC(=O)c1ccc2c(c1)OCO2. The van der Waals surface area contributed by atoms with E-state index in [0.29, 0.717) is 17.1 Å². The van der Waals surface area contributed by atoms with E-state index in [1.165, 1.54) is 6.42 Å². The molecule has 4 nitrogen and oxygen atoms in total. The van der Waals surface area contributed by atoms with E-state index in [2.05, 4.69) is 13.8 Å². The average molecular weight is 246 g/mol. The minimum absolute atomic E-state index is 0. The van der Waals surface area contributed by atoms with Crippen LogP contribution in [-0.4, -0.2) is 12.7 Å². The van der Waals surface area contributed by atoms with Gasteiger partial charge in [0.2, 0.25) is 12.7 Å². The van der Waals surface area contributed by atoms with Crippen molar-refractivity contribution in [2.24, 2.45) is 5.73 Å². The Morgan fingerprint density at radius 1 is 1.31 bits per heavy atom. The van der Waals surface area contributed by atoms with Gasteiger partial charge in [0.05, 0.1) is 0 Å². The van der Waals surface area contributed by atoms with Crippen molar-refractivity contribution in [2.45, 2.75) is 20.3 Å². The minimum Gasteiger partial charge on any atom is -0.454 e. The summed E-state index contributed by atoms with van der Waals surface area (Å²) in [5, 5.41) is 0. The molecular formula is C11H16ClNO3. The predicted octanol–water partition coefficient (Wildman–Crippen LogP) is 2.35. The molecule has 0 radical (unpaired) electrons. The van der Waals surface area contributed by atoms with E-state index in [9.17, 15) is 4.79 Å². The zero-order chi connectivity index (χ0) is 11.3. The lowest BCUT2D eigenvalue weighted by atomic mass is 10.2. The molecule has 0 bridgehead atoms. The molecule has 0 unspecified atom stereocenters. The van der Waals surface area contributed by atoms with Gasteiger partial charge in [0.25, 0.3) is 0 Å². The van der Waals surface area contributed by atoms with Crippen molar-refractivity contribution in [2.75, 3.05) is 6.79 Å². The van der Waals surface area contributed by atoms with Gasteiger partial charge in [-0.15, -0.1) is 12.4 Å². The molecule has 90 valence electrons. The Balaban J connectivity index is 0.000000511. The van der Waals surface area contributed by atoms with Crippen LogP contribution in [0.2, 0.25) is 0 Å². The van der Waals surface area contributed by atoms with Gasteiger partial charge < -0.3 is 15.2 Å². The van der Waals surface area contributed by atoms with Crippen molar-refractivity contribution in [1.29, 1.82) is 0 Å². The summed E-state index contributed by atoms with van der Waals surface area (Å²) in [5.41, 5.74) is 5.50. The second kappa shape index (κ2) is 6.95. The number of rotatable bonds is 1. The fraction of sp³-hybridized carbons (Fsp3) is 0.364. The lowest BCUT2D eigenvalue weighted by Crippen LogP contribution is -2.10. The Labute approximate surface area is 101 Å². The second-order valence-corrected chi connectivity index (χ2v) is 3.14. The molecule has 0 aliphatic carbocycles. The fourth-order valence-electron chi connectivity index (χ4n) is 1.05. The zero-order valence-electron chi connectivity index (χ0n) is 9.36. The highest BCUT2D eigenvalue weighted by Crippen LogP contribution is 2.32. The van der Waals surface area contributed by atoms with Crippen molar-refractivity contribution in [1.82, 2.24) is 0 Å². The molecule has 0 aromatic heterocycles. The number of nitrogens with two attached hydrogens (primary N) is 1. The number of fused-ring (bicyclic) bond motifs is 1. The van der Waals surface area contributed by atoms with Gasteiger partial charge in [0.15, 0.2) is 11.5 Å². The molecule has 0 fully saturated rings. The lowest BCUT2D eigenvalue weighted by molar-refractivity contribution is 0.1000. The molecule has 1 aliphatic heterocycles. The molecule has 1 aliphatic rings. The number of benzene rings is 1. The minimum atomic E-state index is -0.465. The Hall–Kier alpha value is -1.42. The number of amides is 1. The molecule has 16 heavy (non-hydrogen) atoms. The molecular weight excluding hydrogens is 230 g/mol. The van der Waals surface area contributed by atoms with Gasteiger partial charge in [-0.1, -0.05) is 20.3 Å². The third-order valence-electron chi connectivity index (χ3n) is 1.66. The van der Waals surface area contributed by atoms with E-state index < -0.39 is 5.91 Å². The van der Waals surface area contributed by atoms with Crippen LogP contribution in [0.3, 0.4) is 0 Å². The van der Waals surface area contributed by atoms with Crippen molar-refractivity contribution >= 4 is 18.3 Å². The normalized spacial score (nSPS) is 10.9. The Morgan fingerprint density at radius 2 is 1.88 bits per heavy atom. The van der Waals surface area contributed by atoms with Crippen LogP contribution in [0.15, 0.2) is 18.2 Å². The van der Waals surface area contributed by atoms with E-state index in [1.54, 1.807) is 18.2 Å². The molecule has 0 saturated carbocycles. The summed E-state index contributed by atoms with van der Waals surface area (Å²) in [7, 11) is 0. The molecule has 1 aromatic carbocycles. The molecule has 2 N–H and O–H groups in total. The van der Waals surface area contributed by atoms with Gasteiger partial charge in [-0.25, -0.2) is 0 Å². The first-order valence-corrected chi connectivity index (χ1v) is 4.88. The molecule has 0 atom stereocenters. The van der Waals surface area contributed by atoms with Gasteiger partial charge in [0.1, 0.15) is 0 Å². The van der Waals surface area contributed by atoms with E-state index in [-0.39, 0.29) is 19.2 Å². The highest BCUT2D eigenvalue weighted by Gasteiger charge is 2.14. The summed E-state index contributed by atoms with van der Waals surface area (Å²) in [6, 6.07) is 4.85. The summed E-state index contributed by atoms with van der Waals surface area (Å²) < 4.78 is 10.1. The summed E-state index contributed by atoms with van der Waals surface area (Å²) in [4.78, 5) is 10.7. The third kappa shape index (κ3) is 3.62. The summed E-state index contributed by atoms with van der Waals surface area (Å²) in [6.45, 7) is 4.46. The standard InChI is InChI=1S/C8H7NO3.C3H8.ClH/c9-8(10)5-1-2-6-7(3-5)12-4-11-6;1-3-2;/h1-3H,4H2,(H2,9,10);3H2,1-2H3;1H. The topological polar surface area (TPSA) is 61.6 Å². The number of carbonyl (C=O) groups is 1. The Morgan fingerprint density at radius 3 is 2.44 bits per heavy atom. The first-order chi connectivity index (χ1) is 7.19. The third-order valence-corrected chi connectivity index (χ3v) is 1.66.